The van der Waals surface area contributed by atoms with Crippen LogP contribution in [0.5, 0.6) is 0 Å². The lowest BCUT2D eigenvalue weighted by Gasteiger charge is -2.26. The maximum Gasteiger partial charge on any atom is 0.340 e. The quantitative estimate of drug-likeness (QED) is 0.625. The molecule has 27 heavy (non-hydrogen) atoms. The zero-order valence-corrected chi connectivity index (χ0v) is 16.4. The van der Waals surface area contributed by atoms with Gasteiger partial charge in [0.15, 0.2) is 6.61 Å². The van der Waals surface area contributed by atoms with Gasteiger partial charge in [-0.2, -0.15) is 0 Å². The van der Waals surface area contributed by atoms with Gasteiger partial charge in [-0.05, 0) is 53.9 Å². The minimum Gasteiger partial charge on any atom is -0.452 e. The Balaban J connectivity index is 1.37. The molecule has 0 saturated carbocycles. The number of thiophene rings is 2. The number of rotatable bonds is 4. The van der Waals surface area contributed by atoms with Crippen molar-refractivity contribution >= 4 is 34.6 Å². The van der Waals surface area contributed by atoms with E-state index in [0.29, 0.717) is 24.3 Å². The van der Waals surface area contributed by atoms with E-state index >= 15 is 0 Å². The maximum atomic E-state index is 12.4. The second-order valence-corrected chi connectivity index (χ2v) is 8.27. The Morgan fingerprint density at radius 1 is 1.19 bits per heavy atom. The first-order valence-corrected chi connectivity index (χ1v) is 10.4. The molecule has 0 bridgehead atoms. The van der Waals surface area contributed by atoms with Crippen molar-refractivity contribution in [1.82, 2.24) is 9.88 Å². The van der Waals surface area contributed by atoms with Crippen molar-refractivity contribution in [2.24, 2.45) is 0 Å². The zero-order valence-electron chi connectivity index (χ0n) is 14.8. The van der Waals surface area contributed by atoms with Crippen LogP contribution in [0.2, 0.25) is 0 Å². The molecule has 0 N–H and O–H groups in total. The smallest absolute Gasteiger partial charge is 0.340 e. The Bertz CT molecular complexity index is 979. The van der Waals surface area contributed by atoms with Gasteiger partial charge in [0, 0.05) is 18.0 Å². The number of aryl methyl sites for hydroxylation is 1. The van der Waals surface area contributed by atoms with E-state index in [4.69, 9.17) is 4.74 Å². The summed E-state index contributed by atoms with van der Waals surface area (Å²) in [6.45, 7) is 2.79. The van der Waals surface area contributed by atoms with Gasteiger partial charge in [-0.1, -0.05) is 6.07 Å². The van der Waals surface area contributed by atoms with Gasteiger partial charge in [-0.25, -0.2) is 4.79 Å². The molecule has 7 heteroatoms. The molecule has 4 heterocycles. The molecule has 1 amide bonds. The van der Waals surface area contributed by atoms with E-state index in [9.17, 15) is 9.59 Å². The van der Waals surface area contributed by atoms with Gasteiger partial charge in [0.1, 0.15) is 0 Å². The normalized spacial score (nSPS) is 13.3. The lowest BCUT2D eigenvalue weighted by atomic mass is 10.1. The van der Waals surface area contributed by atoms with Crippen LogP contribution in [0.1, 0.15) is 26.5 Å². The van der Waals surface area contributed by atoms with E-state index in [-0.39, 0.29) is 12.5 Å². The van der Waals surface area contributed by atoms with Crippen molar-refractivity contribution in [2.75, 3.05) is 13.2 Å². The van der Waals surface area contributed by atoms with Crippen LogP contribution < -0.4 is 0 Å². The standard InChI is InChI=1S/C20H18N2O3S2/c1-13-15(4-5-16(21-13)18-3-2-9-26-18)20(24)25-12-19(23)22-8-6-17-14(11-22)7-10-27-17/h2-5,7,9-10H,6,8,11-12H2,1H3. The molecule has 1 aliphatic heterocycles. The third-order valence-electron chi connectivity index (χ3n) is 4.57. The number of carbonyl (C=O) groups is 2. The first-order valence-electron chi connectivity index (χ1n) is 8.63. The van der Waals surface area contributed by atoms with Crippen molar-refractivity contribution in [3.05, 3.63) is 62.8 Å². The van der Waals surface area contributed by atoms with Crippen molar-refractivity contribution < 1.29 is 14.3 Å². The average Bonchev–Trinajstić information content (AvgIpc) is 3.36. The zero-order chi connectivity index (χ0) is 18.8. The second-order valence-electron chi connectivity index (χ2n) is 6.32. The predicted octanol–water partition coefficient (Wildman–Crippen LogP) is 3.92. The number of aromatic nitrogens is 1. The molecule has 5 nitrogen and oxygen atoms in total. The van der Waals surface area contributed by atoms with Gasteiger partial charge < -0.3 is 9.64 Å². The predicted molar refractivity (Wildman–Crippen MR) is 106 cm³/mol. The summed E-state index contributed by atoms with van der Waals surface area (Å²) in [7, 11) is 0. The van der Waals surface area contributed by atoms with Crippen molar-refractivity contribution in [3.63, 3.8) is 0 Å². The SMILES string of the molecule is Cc1nc(-c2cccs2)ccc1C(=O)OCC(=O)N1CCc2sccc2C1. The van der Waals surface area contributed by atoms with Crippen LogP contribution in [-0.2, 0) is 22.5 Å². The Morgan fingerprint density at radius 2 is 2.07 bits per heavy atom. The van der Waals surface area contributed by atoms with E-state index in [1.807, 2.05) is 22.9 Å². The second kappa shape index (κ2) is 7.62. The summed E-state index contributed by atoms with van der Waals surface area (Å²) in [6.07, 6.45) is 0.861. The van der Waals surface area contributed by atoms with Gasteiger partial charge >= 0.3 is 5.97 Å². The summed E-state index contributed by atoms with van der Waals surface area (Å²) < 4.78 is 5.26. The molecule has 1 aliphatic rings. The lowest BCUT2D eigenvalue weighted by Crippen LogP contribution is -2.38. The van der Waals surface area contributed by atoms with Crippen molar-refractivity contribution in [2.45, 2.75) is 19.9 Å². The highest BCUT2D eigenvalue weighted by molar-refractivity contribution is 7.13. The number of ether oxygens (including phenoxy) is 1. The van der Waals surface area contributed by atoms with Crippen LogP contribution in [0.3, 0.4) is 0 Å². The van der Waals surface area contributed by atoms with Crippen molar-refractivity contribution in [1.29, 1.82) is 0 Å². The summed E-state index contributed by atoms with van der Waals surface area (Å²) in [5, 5.41) is 4.04. The number of fused-ring (bicyclic) bond motifs is 1. The summed E-state index contributed by atoms with van der Waals surface area (Å²) in [5.41, 5.74) is 3.01. The van der Waals surface area contributed by atoms with E-state index < -0.39 is 5.97 Å². The number of esters is 1. The molecule has 3 aromatic rings. The van der Waals surface area contributed by atoms with Crippen LogP contribution in [0, 0.1) is 6.92 Å². The molecule has 0 unspecified atom stereocenters. The summed E-state index contributed by atoms with van der Waals surface area (Å²) in [5.74, 6) is -0.680. The fraction of sp³-hybridized carbons (Fsp3) is 0.250. The largest absolute Gasteiger partial charge is 0.452 e. The number of hydrogen-bond acceptors (Lipinski definition) is 6. The average molecular weight is 399 g/mol. The third kappa shape index (κ3) is 3.79. The molecular weight excluding hydrogens is 380 g/mol. The Hall–Kier alpha value is -2.51. The number of amides is 1. The first kappa shape index (κ1) is 17.9. The van der Waals surface area contributed by atoms with Crippen LogP contribution in [0.4, 0.5) is 0 Å². The Morgan fingerprint density at radius 3 is 2.85 bits per heavy atom. The van der Waals surface area contributed by atoms with Gasteiger partial charge in [0.05, 0.1) is 21.8 Å². The first-order chi connectivity index (χ1) is 13.1. The molecule has 0 saturated heterocycles. The molecule has 0 fully saturated rings. The van der Waals surface area contributed by atoms with Crippen LogP contribution >= 0.6 is 22.7 Å². The van der Waals surface area contributed by atoms with E-state index in [1.54, 1.807) is 46.6 Å². The molecule has 0 aromatic carbocycles. The molecule has 4 rings (SSSR count). The monoisotopic (exact) mass is 398 g/mol. The van der Waals surface area contributed by atoms with Crippen molar-refractivity contribution in [3.8, 4) is 10.6 Å². The summed E-state index contributed by atoms with van der Waals surface area (Å²) in [4.78, 5) is 33.4. The fourth-order valence-electron chi connectivity index (χ4n) is 3.10. The number of carbonyl (C=O) groups excluding carboxylic acids is 2. The number of pyridine rings is 1. The van der Waals surface area contributed by atoms with E-state index in [2.05, 4.69) is 11.1 Å². The third-order valence-corrected chi connectivity index (χ3v) is 6.48. The lowest BCUT2D eigenvalue weighted by molar-refractivity contribution is -0.135. The van der Waals surface area contributed by atoms with Gasteiger partial charge in [-0.15, -0.1) is 22.7 Å². The molecule has 138 valence electrons. The topological polar surface area (TPSA) is 59.5 Å². The van der Waals surface area contributed by atoms with Crippen LogP contribution in [0.25, 0.3) is 10.6 Å². The van der Waals surface area contributed by atoms with Crippen LogP contribution in [0.15, 0.2) is 41.1 Å². The summed E-state index contributed by atoms with van der Waals surface area (Å²) >= 11 is 3.32. The molecule has 0 aliphatic carbocycles. The number of hydrogen-bond donors (Lipinski definition) is 0. The van der Waals surface area contributed by atoms with Gasteiger partial charge in [0.2, 0.25) is 0 Å². The minimum absolute atomic E-state index is 0.166. The highest BCUT2D eigenvalue weighted by Crippen LogP contribution is 2.25. The highest BCUT2D eigenvalue weighted by atomic mass is 32.1. The minimum atomic E-state index is -0.515. The Labute approximate surface area is 165 Å². The van der Waals surface area contributed by atoms with Crippen LogP contribution in [-0.4, -0.2) is 34.9 Å². The Kier molecular flexibility index (Phi) is 5.05. The molecule has 3 aromatic heterocycles. The van der Waals surface area contributed by atoms with E-state index in [0.717, 1.165) is 17.0 Å². The molecule has 0 spiro atoms. The fourth-order valence-corrected chi connectivity index (χ4v) is 4.68. The maximum absolute atomic E-state index is 12.4. The highest BCUT2D eigenvalue weighted by Gasteiger charge is 2.23. The molecule has 0 atom stereocenters. The molecular formula is C20H18N2O3S2. The van der Waals surface area contributed by atoms with E-state index in [1.165, 1.54) is 10.4 Å². The number of nitrogens with zero attached hydrogens (tertiary/aromatic N) is 2. The van der Waals surface area contributed by atoms with Gasteiger partial charge in [0.25, 0.3) is 5.91 Å². The van der Waals surface area contributed by atoms with Gasteiger partial charge in [-0.3, -0.25) is 9.78 Å². The summed E-state index contributed by atoms with van der Waals surface area (Å²) in [6, 6.07) is 9.52. The molecule has 0 radical (unpaired) electrons.